The Bertz CT molecular complexity index is 2080. The summed E-state index contributed by atoms with van der Waals surface area (Å²) in [6.45, 7) is 0. The van der Waals surface area contributed by atoms with Crippen LogP contribution in [0.3, 0.4) is 0 Å². The van der Waals surface area contributed by atoms with E-state index in [-0.39, 0.29) is 0 Å². The van der Waals surface area contributed by atoms with E-state index in [0.29, 0.717) is 0 Å². The molecule has 4 aromatic heterocycles. The average molecular weight is 513 g/mol. The van der Waals surface area contributed by atoms with Crippen LogP contribution in [0, 0.1) is 0 Å². The van der Waals surface area contributed by atoms with E-state index in [9.17, 15) is 0 Å². The van der Waals surface area contributed by atoms with Crippen LogP contribution in [0.25, 0.3) is 66.3 Å². The highest BCUT2D eigenvalue weighted by atomic mass is 15.0. The van der Waals surface area contributed by atoms with E-state index < -0.39 is 0 Å². The van der Waals surface area contributed by atoms with Gasteiger partial charge in [0, 0.05) is 69.6 Å². The van der Waals surface area contributed by atoms with Crippen molar-refractivity contribution < 1.29 is 0 Å². The number of benzene rings is 4. The first-order valence-corrected chi connectivity index (χ1v) is 13.4. The van der Waals surface area contributed by atoms with E-state index in [4.69, 9.17) is 0 Å². The van der Waals surface area contributed by atoms with Crippen LogP contribution in [-0.4, -0.2) is 19.1 Å². The first-order chi connectivity index (χ1) is 19.8. The predicted molar refractivity (Wildman–Crippen MR) is 164 cm³/mol. The van der Waals surface area contributed by atoms with Gasteiger partial charge in [-0.25, -0.2) is 0 Å². The SMILES string of the molecule is c1ccc(-n2ccc3cc4c(cc32)c2ccccc2n4-c2cc(-c3cccnc3)cc(-c3cccnc3)c2)cc1. The molecule has 0 saturated carbocycles. The summed E-state index contributed by atoms with van der Waals surface area (Å²) in [5.74, 6) is 0. The molecule has 40 heavy (non-hydrogen) atoms. The number of rotatable bonds is 4. The average Bonchev–Trinajstić information content (AvgIpc) is 3.59. The summed E-state index contributed by atoms with van der Waals surface area (Å²) >= 11 is 0. The Balaban J connectivity index is 1.43. The van der Waals surface area contributed by atoms with E-state index in [1.165, 1.54) is 32.7 Å². The molecule has 0 aliphatic carbocycles. The third-order valence-corrected chi connectivity index (χ3v) is 7.68. The van der Waals surface area contributed by atoms with Crippen LogP contribution in [0.4, 0.5) is 0 Å². The Morgan fingerprint density at radius 2 is 1.15 bits per heavy atom. The zero-order chi connectivity index (χ0) is 26.5. The topological polar surface area (TPSA) is 35.6 Å². The molecular weight excluding hydrogens is 488 g/mol. The first kappa shape index (κ1) is 22.5. The van der Waals surface area contributed by atoms with Crippen molar-refractivity contribution in [3.05, 3.63) is 146 Å². The largest absolute Gasteiger partial charge is 0.317 e. The maximum absolute atomic E-state index is 4.40. The number of hydrogen-bond donors (Lipinski definition) is 0. The monoisotopic (exact) mass is 512 g/mol. The van der Waals surface area contributed by atoms with Crippen LogP contribution in [0.1, 0.15) is 0 Å². The molecule has 4 aromatic carbocycles. The molecular formula is C36H24N4. The summed E-state index contributed by atoms with van der Waals surface area (Å²) in [5.41, 5.74) is 10.2. The fourth-order valence-electron chi connectivity index (χ4n) is 5.83. The van der Waals surface area contributed by atoms with Gasteiger partial charge in [0.15, 0.2) is 0 Å². The normalized spacial score (nSPS) is 11.5. The van der Waals surface area contributed by atoms with Crippen molar-refractivity contribution in [2.75, 3.05) is 0 Å². The second-order valence-electron chi connectivity index (χ2n) is 10.1. The predicted octanol–water partition coefficient (Wildman–Crippen LogP) is 8.85. The molecule has 0 aliphatic rings. The van der Waals surface area contributed by atoms with Gasteiger partial charge >= 0.3 is 0 Å². The van der Waals surface area contributed by atoms with Crippen molar-refractivity contribution in [2.24, 2.45) is 0 Å². The molecule has 0 N–H and O–H groups in total. The molecule has 0 fully saturated rings. The Hall–Kier alpha value is -5.48. The third-order valence-electron chi connectivity index (χ3n) is 7.68. The quantitative estimate of drug-likeness (QED) is 0.236. The van der Waals surface area contributed by atoms with Crippen LogP contribution in [0.15, 0.2) is 146 Å². The minimum absolute atomic E-state index is 1.08. The van der Waals surface area contributed by atoms with Crippen LogP contribution in [0.2, 0.25) is 0 Å². The van der Waals surface area contributed by atoms with Gasteiger partial charge in [-0.2, -0.15) is 0 Å². The van der Waals surface area contributed by atoms with Gasteiger partial charge in [-0.15, -0.1) is 0 Å². The lowest BCUT2D eigenvalue weighted by atomic mass is 9.99. The van der Waals surface area contributed by atoms with E-state index in [1.807, 2.05) is 36.9 Å². The number of para-hydroxylation sites is 2. The van der Waals surface area contributed by atoms with Crippen molar-refractivity contribution in [1.82, 2.24) is 19.1 Å². The van der Waals surface area contributed by atoms with Gasteiger partial charge in [0.2, 0.25) is 0 Å². The zero-order valence-electron chi connectivity index (χ0n) is 21.6. The third kappa shape index (κ3) is 3.62. The standard InChI is InChI=1S/C36H24N4/c1-2-10-30(11-3-1)39-17-14-25-21-36-33(22-35(25)39)32-12-4-5-13-34(32)40(36)31-19-28(26-8-6-15-37-23-26)18-29(20-31)27-9-7-16-38-24-27/h1-24H. The minimum atomic E-state index is 1.08. The molecule has 0 atom stereocenters. The van der Waals surface area contributed by atoms with E-state index >= 15 is 0 Å². The second kappa shape index (κ2) is 9.07. The van der Waals surface area contributed by atoms with E-state index in [0.717, 1.165) is 33.6 Å². The molecule has 0 amide bonds. The number of fused-ring (bicyclic) bond motifs is 4. The Labute approximate surface area is 231 Å². The van der Waals surface area contributed by atoms with Gasteiger partial charge in [0.05, 0.1) is 16.6 Å². The molecule has 4 heterocycles. The summed E-state index contributed by atoms with van der Waals surface area (Å²) in [4.78, 5) is 8.79. The summed E-state index contributed by atoms with van der Waals surface area (Å²) < 4.78 is 4.66. The number of aromatic nitrogens is 4. The zero-order valence-corrected chi connectivity index (χ0v) is 21.6. The molecule has 4 heteroatoms. The highest BCUT2D eigenvalue weighted by molar-refractivity contribution is 6.13. The number of nitrogens with zero attached hydrogens (tertiary/aromatic N) is 4. The van der Waals surface area contributed by atoms with Gasteiger partial charge in [-0.1, -0.05) is 48.5 Å². The van der Waals surface area contributed by atoms with E-state index in [1.54, 1.807) is 0 Å². The fraction of sp³-hybridized carbons (Fsp3) is 0. The van der Waals surface area contributed by atoms with Crippen LogP contribution < -0.4 is 0 Å². The molecule has 8 rings (SSSR count). The maximum atomic E-state index is 4.40. The Morgan fingerprint density at radius 3 is 1.85 bits per heavy atom. The highest BCUT2D eigenvalue weighted by Gasteiger charge is 2.16. The van der Waals surface area contributed by atoms with E-state index in [2.05, 4.69) is 128 Å². The van der Waals surface area contributed by atoms with Gasteiger partial charge in [-0.05, 0) is 77.9 Å². The Morgan fingerprint density at radius 1 is 0.450 bits per heavy atom. The second-order valence-corrected chi connectivity index (χ2v) is 10.1. The van der Waals surface area contributed by atoms with Crippen LogP contribution in [0.5, 0.6) is 0 Å². The lowest BCUT2D eigenvalue weighted by Gasteiger charge is -2.14. The molecule has 0 bridgehead atoms. The molecule has 0 spiro atoms. The van der Waals surface area contributed by atoms with Crippen molar-refractivity contribution in [3.8, 4) is 33.6 Å². The van der Waals surface area contributed by atoms with Crippen LogP contribution in [-0.2, 0) is 0 Å². The lowest BCUT2D eigenvalue weighted by Crippen LogP contribution is -1.96. The molecule has 0 unspecified atom stereocenters. The molecule has 188 valence electrons. The van der Waals surface area contributed by atoms with Crippen LogP contribution >= 0.6 is 0 Å². The highest BCUT2D eigenvalue weighted by Crippen LogP contribution is 2.38. The molecule has 4 nitrogen and oxygen atoms in total. The minimum Gasteiger partial charge on any atom is -0.317 e. The number of hydrogen-bond acceptors (Lipinski definition) is 2. The maximum Gasteiger partial charge on any atom is 0.0548 e. The Kier molecular flexibility index (Phi) is 5.10. The van der Waals surface area contributed by atoms with Crippen molar-refractivity contribution >= 4 is 32.7 Å². The molecule has 0 aliphatic heterocycles. The van der Waals surface area contributed by atoms with Gasteiger partial charge in [0.1, 0.15) is 0 Å². The molecule has 0 radical (unpaired) electrons. The van der Waals surface area contributed by atoms with Crippen molar-refractivity contribution in [3.63, 3.8) is 0 Å². The summed E-state index contributed by atoms with van der Waals surface area (Å²) in [6, 6.07) is 41.0. The lowest BCUT2D eigenvalue weighted by molar-refractivity contribution is 1.13. The van der Waals surface area contributed by atoms with Gasteiger partial charge < -0.3 is 9.13 Å². The number of pyridine rings is 2. The van der Waals surface area contributed by atoms with Gasteiger partial charge in [-0.3, -0.25) is 9.97 Å². The van der Waals surface area contributed by atoms with Gasteiger partial charge in [0.25, 0.3) is 0 Å². The smallest absolute Gasteiger partial charge is 0.0548 e. The van der Waals surface area contributed by atoms with Crippen molar-refractivity contribution in [2.45, 2.75) is 0 Å². The fourth-order valence-corrected chi connectivity index (χ4v) is 5.83. The first-order valence-electron chi connectivity index (χ1n) is 13.4. The molecule has 0 saturated heterocycles. The molecule has 8 aromatic rings. The summed E-state index contributed by atoms with van der Waals surface area (Å²) in [7, 11) is 0. The van der Waals surface area contributed by atoms with Crippen molar-refractivity contribution in [1.29, 1.82) is 0 Å². The summed E-state index contributed by atoms with van der Waals surface area (Å²) in [5, 5.41) is 3.67. The summed E-state index contributed by atoms with van der Waals surface area (Å²) in [6.07, 6.45) is 9.64.